The summed E-state index contributed by atoms with van der Waals surface area (Å²) in [6, 6.07) is 17.5. The summed E-state index contributed by atoms with van der Waals surface area (Å²) in [7, 11) is 0. The minimum absolute atomic E-state index is 0.101. The molecule has 4 rings (SSSR count). The van der Waals surface area contributed by atoms with Crippen LogP contribution < -0.4 is 27.5 Å². The van der Waals surface area contributed by atoms with Crippen LogP contribution in [0.5, 0.6) is 0 Å². The minimum Gasteiger partial charge on any atom is -0.399 e. The minimum atomic E-state index is -0.271. The quantitative estimate of drug-likeness (QED) is 0.268. The molecule has 0 radical (unpaired) electrons. The number of amides is 1. The Kier molecular flexibility index (Phi) is 7.07. The molecule has 0 aliphatic carbocycles. The Morgan fingerprint density at radius 2 is 1.94 bits per heavy atom. The summed E-state index contributed by atoms with van der Waals surface area (Å²) in [4.78, 5) is 29.1. The zero-order valence-electron chi connectivity index (χ0n) is 17.9. The molecule has 8 nitrogen and oxygen atoms in total. The van der Waals surface area contributed by atoms with Crippen LogP contribution in [-0.4, -0.2) is 22.0 Å². The van der Waals surface area contributed by atoms with Gasteiger partial charge in [-0.2, -0.15) is 0 Å². The molecule has 34 heavy (non-hydrogen) atoms. The fourth-order valence-corrected chi connectivity index (χ4v) is 4.26. The summed E-state index contributed by atoms with van der Waals surface area (Å²) in [6.07, 6.45) is 6.60. The van der Waals surface area contributed by atoms with Crippen LogP contribution in [0.2, 0.25) is 4.34 Å². The van der Waals surface area contributed by atoms with Crippen molar-refractivity contribution in [1.82, 2.24) is 14.9 Å². The highest BCUT2D eigenvalue weighted by Crippen LogP contribution is 2.31. The molecule has 3 heterocycles. The van der Waals surface area contributed by atoms with Crippen molar-refractivity contribution in [2.24, 2.45) is 11.6 Å². The summed E-state index contributed by atoms with van der Waals surface area (Å²) in [5, 5.41) is 4.13. The van der Waals surface area contributed by atoms with Gasteiger partial charge in [0.25, 0.3) is 11.5 Å². The number of carbonyl (C=O) groups excluding carboxylic acids is 1. The van der Waals surface area contributed by atoms with Gasteiger partial charge in [0.05, 0.1) is 21.4 Å². The van der Waals surface area contributed by atoms with E-state index in [-0.39, 0.29) is 18.0 Å². The van der Waals surface area contributed by atoms with Crippen LogP contribution in [0, 0.1) is 0 Å². The summed E-state index contributed by atoms with van der Waals surface area (Å²) >= 11 is 7.07. The van der Waals surface area contributed by atoms with Gasteiger partial charge in [0.15, 0.2) is 0 Å². The third-order valence-corrected chi connectivity index (χ3v) is 6.14. The molecular formula is C24H21ClN6O2S. The van der Waals surface area contributed by atoms with Crippen LogP contribution >= 0.6 is 22.9 Å². The van der Waals surface area contributed by atoms with Gasteiger partial charge in [0.1, 0.15) is 0 Å². The molecule has 1 amide bonds. The van der Waals surface area contributed by atoms with Gasteiger partial charge in [-0.15, -0.1) is 11.3 Å². The van der Waals surface area contributed by atoms with Gasteiger partial charge in [0.2, 0.25) is 0 Å². The predicted molar refractivity (Wildman–Crippen MR) is 136 cm³/mol. The number of hydrogen-bond donors (Lipinski definition) is 3. The average Bonchev–Trinajstić information content (AvgIpc) is 3.29. The van der Waals surface area contributed by atoms with Crippen LogP contribution in [0.15, 0.2) is 95.9 Å². The number of hydrazine groups is 1. The molecule has 0 aliphatic heterocycles. The molecule has 0 fully saturated rings. The zero-order valence-corrected chi connectivity index (χ0v) is 19.5. The number of halogens is 1. The van der Waals surface area contributed by atoms with E-state index < -0.39 is 0 Å². The van der Waals surface area contributed by atoms with E-state index in [0.29, 0.717) is 26.3 Å². The van der Waals surface area contributed by atoms with E-state index in [4.69, 9.17) is 23.2 Å². The van der Waals surface area contributed by atoms with E-state index in [0.717, 1.165) is 11.1 Å². The van der Waals surface area contributed by atoms with E-state index in [2.05, 4.69) is 10.3 Å². The Balaban J connectivity index is 1.61. The van der Waals surface area contributed by atoms with Crippen molar-refractivity contribution < 1.29 is 4.79 Å². The van der Waals surface area contributed by atoms with Crippen molar-refractivity contribution >= 4 is 34.5 Å². The largest absolute Gasteiger partial charge is 0.399 e. The summed E-state index contributed by atoms with van der Waals surface area (Å²) in [5.41, 5.74) is 9.30. The third-order valence-electron chi connectivity index (χ3n) is 4.91. The number of carbonyl (C=O) groups is 1. The van der Waals surface area contributed by atoms with Crippen molar-refractivity contribution in [3.8, 4) is 16.8 Å². The number of nitrogens with one attached hydrogen (secondary N) is 1. The maximum atomic E-state index is 12.3. The molecule has 0 bridgehead atoms. The Morgan fingerprint density at radius 3 is 2.65 bits per heavy atom. The lowest BCUT2D eigenvalue weighted by molar-refractivity contribution is 0.0961. The van der Waals surface area contributed by atoms with Crippen LogP contribution in [0.4, 0.5) is 5.69 Å². The maximum absolute atomic E-state index is 12.3. The first-order valence-corrected chi connectivity index (χ1v) is 11.4. The molecule has 0 atom stereocenters. The number of aromatic nitrogens is 2. The fourth-order valence-electron chi connectivity index (χ4n) is 3.30. The first-order chi connectivity index (χ1) is 16.4. The number of nitrogens with two attached hydrogens (primary N) is 2. The van der Waals surface area contributed by atoms with E-state index in [1.807, 2.05) is 18.2 Å². The van der Waals surface area contributed by atoms with Crippen molar-refractivity contribution in [2.75, 3.05) is 11.6 Å². The molecule has 1 aromatic carbocycles. The Labute approximate surface area is 204 Å². The van der Waals surface area contributed by atoms with Crippen LogP contribution in [0.3, 0.4) is 0 Å². The van der Waals surface area contributed by atoms with E-state index in [1.54, 1.807) is 59.6 Å². The van der Waals surface area contributed by atoms with Crippen LogP contribution in [-0.2, 0) is 0 Å². The molecule has 0 saturated carbocycles. The highest BCUT2D eigenvalue weighted by molar-refractivity contribution is 7.18. The van der Waals surface area contributed by atoms with Gasteiger partial charge in [-0.3, -0.25) is 24.1 Å². The molecule has 0 spiro atoms. The molecule has 4 aromatic rings. The van der Waals surface area contributed by atoms with Crippen molar-refractivity contribution in [3.05, 3.63) is 111 Å². The number of pyridine rings is 2. The summed E-state index contributed by atoms with van der Waals surface area (Å²) in [5.74, 6) is 6.07. The van der Waals surface area contributed by atoms with Crippen LogP contribution in [0.1, 0.15) is 9.67 Å². The number of thiophene rings is 1. The lowest BCUT2D eigenvalue weighted by Gasteiger charge is -2.21. The predicted octanol–water partition coefficient (Wildman–Crippen LogP) is 3.52. The number of benzene rings is 1. The fraction of sp³-hybridized carbons (Fsp3) is 0.0417. The first kappa shape index (κ1) is 23.2. The topological polar surface area (TPSA) is 119 Å². The Morgan fingerprint density at radius 1 is 1.15 bits per heavy atom. The van der Waals surface area contributed by atoms with Gasteiger partial charge in [-0.05, 0) is 54.1 Å². The first-order valence-electron chi connectivity index (χ1n) is 10.2. The van der Waals surface area contributed by atoms with Crippen molar-refractivity contribution in [3.63, 3.8) is 0 Å². The monoisotopic (exact) mass is 492 g/mol. The zero-order chi connectivity index (χ0) is 24.1. The lowest BCUT2D eigenvalue weighted by Crippen LogP contribution is -2.31. The number of anilines is 1. The second-order valence-corrected chi connectivity index (χ2v) is 8.96. The van der Waals surface area contributed by atoms with Gasteiger partial charge in [-0.25, -0.2) is 5.84 Å². The highest BCUT2D eigenvalue weighted by atomic mass is 35.5. The number of nitrogens with zero attached hydrogens (tertiary/aromatic N) is 3. The Bertz CT molecular complexity index is 1400. The second kappa shape index (κ2) is 10.3. The van der Waals surface area contributed by atoms with Crippen molar-refractivity contribution in [2.45, 2.75) is 0 Å². The van der Waals surface area contributed by atoms with Gasteiger partial charge < -0.3 is 11.1 Å². The molecule has 5 N–H and O–H groups in total. The molecule has 172 valence electrons. The van der Waals surface area contributed by atoms with E-state index >= 15 is 0 Å². The molecule has 0 saturated heterocycles. The molecule has 10 heteroatoms. The van der Waals surface area contributed by atoms with Gasteiger partial charge in [0, 0.05) is 47.8 Å². The van der Waals surface area contributed by atoms with E-state index in [1.165, 1.54) is 28.6 Å². The highest BCUT2D eigenvalue weighted by Gasteiger charge is 2.13. The van der Waals surface area contributed by atoms with Gasteiger partial charge in [-0.1, -0.05) is 17.7 Å². The maximum Gasteiger partial charge on any atom is 0.261 e. The lowest BCUT2D eigenvalue weighted by atomic mass is 10.0. The average molecular weight is 493 g/mol. The standard InChI is InChI=1S/C24H21ClN6O2S/c25-22-7-6-21(34-22)24(33)29-14-17(26)15-31(27)20-5-4-18(30-12-2-1-3-23(30)32)13-19(20)16-8-10-28-11-9-16/h1-13,15H,14,26-27H2,(H,29,33)/b17-15-. The molecule has 3 aromatic heterocycles. The number of hydrogen-bond acceptors (Lipinski definition) is 7. The third kappa shape index (κ3) is 5.34. The van der Waals surface area contributed by atoms with Crippen LogP contribution in [0.25, 0.3) is 16.8 Å². The smallest absolute Gasteiger partial charge is 0.261 e. The van der Waals surface area contributed by atoms with E-state index in [9.17, 15) is 9.59 Å². The summed E-state index contributed by atoms with van der Waals surface area (Å²) < 4.78 is 2.08. The van der Waals surface area contributed by atoms with Gasteiger partial charge >= 0.3 is 0 Å². The molecule has 0 aliphatic rings. The number of rotatable bonds is 7. The van der Waals surface area contributed by atoms with Crippen molar-refractivity contribution in [1.29, 1.82) is 0 Å². The summed E-state index contributed by atoms with van der Waals surface area (Å²) in [6.45, 7) is 0.101. The molecule has 0 unspecified atom stereocenters. The Hall–Kier alpha value is -3.92. The second-order valence-electron chi connectivity index (χ2n) is 7.24. The molecular weight excluding hydrogens is 472 g/mol. The normalized spacial score (nSPS) is 11.3. The SMILES string of the molecule is N/C(=C\N(N)c1ccc(-n2ccccc2=O)cc1-c1ccncc1)CNC(=O)c1ccc(Cl)s1.